The molecule has 0 spiro atoms. The van der Waals surface area contributed by atoms with Gasteiger partial charge in [0, 0.05) is 38.6 Å². The van der Waals surface area contributed by atoms with Crippen molar-refractivity contribution in [2.45, 2.75) is 31.0 Å². The Bertz CT molecular complexity index is 1250. The summed E-state index contributed by atoms with van der Waals surface area (Å²) in [6, 6.07) is 18.0. The standard InChI is InChI=1S/C29H32ClFN2O3/c1-32-12-14-33(15-13-32)19-23-17-25(36-28(34)26-18-24(31)8-9-27(26)30)10-11-29(23,35)22-7-6-20-4-2-3-5-21(20)16-22/h2-9,16,18,23,25,35H,10-15,17,19H2,1H3. The van der Waals surface area contributed by atoms with Crippen LogP contribution in [0.2, 0.25) is 5.02 Å². The molecule has 5 rings (SSSR count). The predicted octanol–water partition coefficient (Wildman–Crippen LogP) is 5.09. The number of esters is 1. The van der Waals surface area contributed by atoms with Crippen molar-refractivity contribution in [2.24, 2.45) is 5.92 Å². The first-order valence-corrected chi connectivity index (χ1v) is 13.0. The highest BCUT2D eigenvalue weighted by Crippen LogP contribution is 2.44. The van der Waals surface area contributed by atoms with E-state index >= 15 is 0 Å². The van der Waals surface area contributed by atoms with Gasteiger partial charge in [0.05, 0.1) is 16.2 Å². The molecular weight excluding hydrogens is 479 g/mol. The maximum atomic E-state index is 13.7. The van der Waals surface area contributed by atoms with E-state index in [2.05, 4.69) is 41.1 Å². The minimum atomic E-state index is -1.03. The molecule has 3 aromatic rings. The fourth-order valence-electron chi connectivity index (χ4n) is 5.60. The molecule has 0 aromatic heterocycles. The maximum Gasteiger partial charge on any atom is 0.340 e. The zero-order valence-corrected chi connectivity index (χ0v) is 21.3. The lowest BCUT2D eigenvalue weighted by Gasteiger charge is -2.46. The first kappa shape index (κ1) is 25.2. The zero-order valence-electron chi connectivity index (χ0n) is 20.5. The quantitative estimate of drug-likeness (QED) is 0.484. The molecule has 1 saturated carbocycles. The van der Waals surface area contributed by atoms with Gasteiger partial charge in [0.2, 0.25) is 0 Å². The van der Waals surface area contributed by atoms with E-state index in [1.54, 1.807) is 0 Å². The third kappa shape index (κ3) is 5.28. The number of aliphatic hydroxyl groups is 1. The number of halogens is 2. The molecule has 0 amide bonds. The van der Waals surface area contributed by atoms with Crippen molar-refractivity contribution in [2.75, 3.05) is 39.8 Å². The van der Waals surface area contributed by atoms with E-state index in [1.807, 2.05) is 18.2 Å². The summed E-state index contributed by atoms with van der Waals surface area (Å²) in [5, 5.41) is 14.5. The first-order chi connectivity index (χ1) is 17.3. The number of hydrogen-bond donors (Lipinski definition) is 1. The average molecular weight is 511 g/mol. The Balaban J connectivity index is 1.39. The van der Waals surface area contributed by atoms with Crippen LogP contribution < -0.4 is 0 Å². The molecule has 2 aliphatic rings. The minimum Gasteiger partial charge on any atom is -0.459 e. The third-order valence-corrected chi connectivity index (χ3v) is 8.15. The van der Waals surface area contributed by atoms with Crippen LogP contribution in [0.15, 0.2) is 60.7 Å². The Kier molecular flexibility index (Phi) is 7.31. The van der Waals surface area contributed by atoms with Crippen LogP contribution in [-0.2, 0) is 10.3 Å². The maximum absolute atomic E-state index is 13.7. The number of carbonyl (C=O) groups excluding carboxylic acids is 1. The van der Waals surface area contributed by atoms with Crippen LogP contribution in [0.3, 0.4) is 0 Å². The molecule has 190 valence electrons. The van der Waals surface area contributed by atoms with E-state index < -0.39 is 17.4 Å². The number of nitrogens with zero attached hydrogens (tertiary/aromatic N) is 2. The van der Waals surface area contributed by atoms with Gasteiger partial charge in [0.15, 0.2) is 0 Å². The van der Waals surface area contributed by atoms with Crippen molar-refractivity contribution < 1.29 is 19.0 Å². The molecule has 1 saturated heterocycles. The van der Waals surface area contributed by atoms with Crippen molar-refractivity contribution >= 4 is 28.3 Å². The summed E-state index contributed by atoms with van der Waals surface area (Å²) in [5.41, 5.74) is -0.104. The van der Waals surface area contributed by atoms with Crippen LogP contribution in [0.5, 0.6) is 0 Å². The molecule has 0 bridgehead atoms. The second kappa shape index (κ2) is 10.5. The van der Waals surface area contributed by atoms with Gasteiger partial charge in [0.25, 0.3) is 0 Å². The number of benzene rings is 3. The highest BCUT2D eigenvalue weighted by atomic mass is 35.5. The lowest BCUT2D eigenvalue weighted by atomic mass is 9.70. The molecule has 1 N–H and O–H groups in total. The highest BCUT2D eigenvalue weighted by molar-refractivity contribution is 6.33. The van der Waals surface area contributed by atoms with Gasteiger partial charge >= 0.3 is 5.97 Å². The van der Waals surface area contributed by atoms with Gasteiger partial charge in [-0.2, -0.15) is 0 Å². The molecule has 5 nitrogen and oxygen atoms in total. The van der Waals surface area contributed by atoms with Crippen molar-refractivity contribution in [3.63, 3.8) is 0 Å². The smallest absolute Gasteiger partial charge is 0.340 e. The van der Waals surface area contributed by atoms with Crippen molar-refractivity contribution in [3.8, 4) is 0 Å². The molecule has 36 heavy (non-hydrogen) atoms. The van der Waals surface area contributed by atoms with Crippen LogP contribution in [0.25, 0.3) is 10.8 Å². The molecule has 3 aromatic carbocycles. The summed E-state index contributed by atoms with van der Waals surface area (Å²) in [4.78, 5) is 17.5. The summed E-state index contributed by atoms with van der Waals surface area (Å²) < 4.78 is 19.5. The van der Waals surface area contributed by atoms with Gasteiger partial charge < -0.3 is 19.6 Å². The summed E-state index contributed by atoms with van der Waals surface area (Å²) in [6.07, 6.45) is 1.13. The van der Waals surface area contributed by atoms with E-state index in [0.29, 0.717) is 25.8 Å². The number of carbonyl (C=O) groups is 1. The van der Waals surface area contributed by atoms with E-state index in [-0.39, 0.29) is 22.6 Å². The summed E-state index contributed by atoms with van der Waals surface area (Å²) in [5.74, 6) is -1.29. The predicted molar refractivity (Wildman–Crippen MR) is 140 cm³/mol. The van der Waals surface area contributed by atoms with Gasteiger partial charge in [-0.1, -0.05) is 48.0 Å². The molecule has 1 heterocycles. The van der Waals surface area contributed by atoms with Gasteiger partial charge in [0.1, 0.15) is 11.9 Å². The highest BCUT2D eigenvalue weighted by Gasteiger charge is 2.45. The van der Waals surface area contributed by atoms with Gasteiger partial charge in [-0.25, -0.2) is 9.18 Å². The SMILES string of the molecule is CN1CCN(CC2CC(OC(=O)c3cc(F)ccc3Cl)CCC2(O)c2ccc3ccccc3c2)CC1. The number of hydrogen-bond acceptors (Lipinski definition) is 5. The van der Waals surface area contributed by atoms with Gasteiger partial charge in [-0.15, -0.1) is 0 Å². The number of fused-ring (bicyclic) bond motifs is 1. The molecule has 1 aliphatic heterocycles. The fraction of sp³-hybridized carbons (Fsp3) is 0.414. The number of piperazine rings is 1. The summed E-state index contributed by atoms with van der Waals surface area (Å²) in [7, 11) is 2.12. The first-order valence-electron chi connectivity index (χ1n) is 12.6. The van der Waals surface area contributed by atoms with E-state index in [9.17, 15) is 14.3 Å². The van der Waals surface area contributed by atoms with Crippen LogP contribution in [0.4, 0.5) is 4.39 Å². The molecule has 7 heteroatoms. The number of ether oxygens (including phenoxy) is 1. The normalized spacial score (nSPS) is 25.7. The molecule has 3 unspecified atom stereocenters. The third-order valence-electron chi connectivity index (χ3n) is 7.82. The van der Waals surface area contributed by atoms with Crippen LogP contribution >= 0.6 is 11.6 Å². The molecule has 1 aliphatic carbocycles. The Morgan fingerprint density at radius 2 is 1.83 bits per heavy atom. The van der Waals surface area contributed by atoms with Crippen LogP contribution in [0.1, 0.15) is 35.2 Å². The zero-order chi connectivity index (χ0) is 25.3. The molecule has 2 fully saturated rings. The van der Waals surface area contributed by atoms with Crippen molar-refractivity contribution in [1.29, 1.82) is 0 Å². The van der Waals surface area contributed by atoms with Crippen LogP contribution in [-0.4, -0.2) is 66.8 Å². The van der Waals surface area contributed by atoms with Crippen molar-refractivity contribution in [3.05, 3.63) is 82.6 Å². The summed E-state index contributed by atoms with van der Waals surface area (Å²) in [6.45, 7) is 4.55. The van der Waals surface area contributed by atoms with Crippen molar-refractivity contribution in [1.82, 2.24) is 9.80 Å². The van der Waals surface area contributed by atoms with E-state index in [1.165, 1.54) is 12.1 Å². The molecular formula is C29H32ClFN2O3. The topological polar surface area (TPSA) is 53.0 Å². The Morgan fingerprint density at radius 1 is 1.08 bits per heavy atom. The van der Waals surface area contributed by atoms with Gasteiger partial charge in [-0.3, -0.25) is 0 Å². The fourth-order valence-corrected chi connectivity index (χ4v) is 5.79. The van der Waals surface area contributed by atoms with Crippen LogP contribution in [0, 0.1) is 11.7 Å². The Labute approximate surface area is 216 Å². The largest absolute Gasteiger partial charge is 0.459 e. The number of rotatable bonds is 5. The van der Waals surface area contributed by atoms with E-state index in [0.717, 1.165) is 48.6 Å². The molecule has 0 radical (unpaired) electrons. The monoisotopic (exact) mass is 510 g/mol. The Hall–Kier alpha value is -2.51. The average Bonchev–Trinajstić information content (AvgIpc) is 2.88. The Morgan fingerprint density at radius 3 is 2.61 bits per heavy atom. The summed E-state index contributed by atoms with van der Waals surface area (Å²) >= 11 is 6.13. The molecule has 3 atom stereocenters. The second-order valence-electron chi connectivity index (χ2n) is 10.2. The minimum absolute atomic E-state index is 0.0302. The van der Waals surface area contributed by atoms with E-state index in [4.69, 9.17) is 16.3 Å². The second-order valence-corrected chi connectivity index (χ2v) is 10.6. The number of likely N-dealkylation sites (N-methyl/N-ethyl adjacent to an activating group) is 1. The van der Waals surface area contributed by atoms with Gasteiger partial charge in [-0.05, 0) is 66.9 Å². The lowest BCUT2D eigenvalue weighted by Crippen LogP contribution is -2.52. The lowest BCUT2D eigenvalue weighted by molar-refractivity contribution is -0.100.